The highest BCUT2D eigenvalue weighted by Gasteiger charge is 2.32. The topological polar surface area (TPSA) is 15.0 Å². The third-order valence-electron chi connectivity index (χ3n) is 3.05. The first-order valence-corrected chi connectivity index (χ1v) is 5.73. The Labute approximate surface area is 92.3 Å². The first-order chi connectivity index (χ1) is 7.22. The lowest BCUT2D eigenvalue weighted by Gasteiger charge is -2.09. The van der Waals surface area contributed by atoms with Crippen LogP contribution in [-0.4, -0.2) is 26.2 Å². The molecule has 0 amide bonds. The Morgan fingerprint density at radius 2 is 2.00 bits per heavy atom. The summed E-state index contributed by atoms with van der Waals surface area (Å²) in [5.41, 5.74) is 2.78. The van der Waals surface area contributed by atoms with Gasteiger partial charge in [0.05, 0.1) is 6.04 Å². The fourth-order valence-electron chi connectivity index (χ4n) is 1.96. The van der Waals surface area contributed by atoms with E-state index in [2.05, 4.69) is 48.3 Å². The maximum Gasteiger partial charge on any atom is 0.0590 e. The maximum absolute atomic E-state index is 3.22. The van der Waals surface area contributed by atoms with Crippen LogP contribution in [0.2, 0.25) is 0 Å². The van der Waals surface area contributed by atoms with Gasteiger partial charge in [-0.25, -0.2) is 0 Å². The van der Waals surface area contributed by atoms with Gasteiger partial charge in [-0.3, -0.25) is 0 Å². The minimum absolute atomic E-state index is 0.626. The number of benzene rings is 1. The van der Waals surface area contributed by atoms with Crippen molar-refractivity contribution in [1.82, 2.24) is 5.32 Å². The van der Waals surface area contributed by atoms with Crippen LogP contribution < -0.4 is 10.2 Å². The van der Waals surface area contributed by atoms with Crippen molar-refractivity contribution in [2.24, 2.45) is 0 Å². The fraction of sp³-hybridized carbons (Fsp3) is 0.538. The average Bonchev–Trinajstić information content (AvgIpc) is 2.98. The normalized spacial score (nSPS) is 19.7. The Kier molecular flexibility index (Phi) is 2.96. The summed E-state index contributed by atoms with van der Waals surface area (Å²) in [5.74, 6) is 0.626. The van der Waals surface area contributed by atoms with Crippen molar-refractivity contribution in [2.75, 3.05) is 25.0 Å². The molecule has 1 aliphatic heterocycles. The highest BCUT2D eigenvalue weighted by Crippen LogP contribution is 2.28. The van der Waals surface area contributed by atoms with Crippen LogP contribution in [0.3, 0.4) is 0 Å². The third kappa shape index (κ3) is 2.32. The van der Waals surface area contributed by atoms with Crippen molar-refractivity contribution in [3.05, 3.63) is 29.8 Å². The quantitative estimate of drug-likeness (QED) is 0.756. The molecule has 0 spiro atoms. The molecule has 0 aliphatic carbocycles. The van der Waals surface area contributed by atoms with Crippen molar-refractivity contribution >= 4 is 5.69 Å². The highest BCUT2D eigenvalue weighted by atomic mass is 15.3. The standard InChI is InChI=1S/C13H20N2/c1-10(2)11-4-6-12(7-5-11)15-9-13(15)8-14-3/h4-7,10,13-14H,8-9H2,1-3H3. The van der Waals surface area contributed by atoms with Crippen LogP contribution in [0.1, 0.15) is 25.3 Å². The SMILES string of the molecule is CNCC1CN1c1ccc(C(C)C)cc1. The van der Waals surface area contributed by atoms with Gasteiger partial charge in [-0.2, -0.15) is 0 Å². The zero-order valence-corrected chi connectivity index (χ0v) is 9.83. The molecule has 0 bridgehead atoms. The molecule has 1 aliphatic rings. The number of hydrogen-bond acceptors (Lipinski definition) is 2. The summed E-state index contributed by atoms with van der Waals surface area (Å²) in [5, 5.41) is 3.22. The molecule has 1 unspecified atom stereocenters. The van der Waals surface area contributed by atoms with E-state index in [0.29, 0.717) is 12.0 Å². The minimum Gasteiger partial charge on any atom is -0.363 e. The van der Waals surface area contributed by atoms with Crippen molar-refractivity contribution < 1.29 is 0 Å². The summed E-state index contributed by atoms with van der Waals surface area (Å²) in [6.45, 7) is 6.75. The summed E-state index contributed by atoms with van der Waals surface area (Å²) in [7, 11) is 2.01. The van der Waals surface area contributed by atoms with Gasteiger partial charge in [-0.15, -0.1) is 0 Å². The van der Waals surface area contributed by atoms with Gasteiger partial charge in [-0.1, -0.05) is 26.0 Å². The second-order valence-electron chi connectivity index (χ2n) is 4.61. The van der Waals surface area contributed by atoms with E-state index in [1.165, 1.54) is 17.8 Å². The molecule has 1 aromatic rings. The van der Waals surface area contributed by atoms with Crippen molar-refractivity contribution in [3.8, 4) is 0 Å². The number of hydrogen-bond donors (Lipinski definition) is 1. The molecule has 1 atom stereocenters. The zero-order chi connectivity index (χ0) is 10.8. The number of nitrogens with one attached hydrogen (secondary N) is 1. The van der Waals surface area contributed by atoms with Gasteiger partial charge >= 0.3 is 0 Å². The Bertz CT molecular complexity index is 316. The largest absolute Gasteiger partial charge is 0.363 e. The predicted octanol–water partition coefficient (Wildman–Crippen LogP) is 2.22. The van der Waals surface area contributed by atoms with E-state index in [-0.39, 0.29) is 0 Å². The summed E-state index contributed by atoms with van der Waals surface area (Å²) >= 11 is 0. The van der Waals surface area contributed by atoms with Gasteiger partial charge in [-0.05, 0) is 30.7 Å². The second-order valence-corrected chi connectivity index (χ2v) is 4.61. The van der Waals surface area contributed by atoms with Crippen LogP contribution in [0.4, 0.5) is 5.69 Å². The lowest BCUT2D eigenvalue weighted by atomic mass is 10.0. The van der Waals surface area contributed by atoms with E-state index in [0.717, 1.165) is 6.54 Å². The molecule has 2 nitrogen and oxygen atoms in total. The van der Waals surface area contributed by atoms with E-state index in [9.17, 15) is 0 Å². The van der Waals surface area contributed by atoms with Crippen LogP contribution in [-0.2, 0) is 0 Å². The monoisotopic (exact) mass is 204 g/mol. The van der Waals surface area contributed by atoms with E-state index in [1.54, 1.807) is 0 Å². The average molecular weight is 204 g/mol. The molecular weight excluding hydrogens is 184 g/mol. The molecular formula is C13H20N2. The van der Waals surface area contributed by atoms with E-state index >= 15 is 0 Å². The van der Waals surface area contributed by atoms with Gasteiger partial charge in [0, 0.05) is 18.8 Å². The summed E-state index contributed by atoms with van der Waals surface area (Å²) in [4.78, 5) is 2.43. The molecule has 15 heavy (non-hydrogen) atoms. The summed E-state index contributed by atoms with van der Waals surface area (Å²) in [6, 6.07) is 9.68. The Morgan fingerprint density at radius 1 is 1.33 bits per heavy atom. The van der Waals surface area contributed by atoms with Crippen LogP contribution in [0, 0.1) is 0 Å². The second kappa shape index (κ2) is 4.23. The Morgan fingerprint density at radius 3 is 2.53 bits per heavy atom. The van der Waals surface area contributed by atoms with Crippen LogP contribution in [0.15, 0.2) is 24.3 Å². The van der Waals surface area contributed by atoms with Gasteiger partial charge in [0.15, 0.2) is 0 Å². The molecule has 1 aromatic carbocycles. The molecule has 1 heterocycles. The minimum atomic E-state index is 0.626. The first kappa shape index (κ1) is 10.5. The van der Waals surface area contributed by atoms with E-state index in [1.807, 2.05) is 7.05 Å². The maximum atomic E-state index is 3.22. The van der Waals surface area contributed by atoms with Crippen molar-refractivity contribution in [1.29, 1.82) is 0 Å². The van der Waals surface area contributed by atoms with Gasteiger partial charge in [0.25, 0.3) is 0 Å². The van der Waals surface area contributed by atoms with Crippen molar-refractivity contribution in [2.45, 2.75) is 25.8 Å². The van der Waals surface area contributed by atoms with Crippen LogP contribution >= 0.6 is 0 Å². The molecule has 1 N–H and O–H groups in total. The highest BCUT2D eigenvalue weighted by molar-refractivity contribution is 5.55. The molecule has 0 saturated carbocycles. The number of likely N-dealkylation sites (N-methyl/N-ethyl adjacent to an activating group) is 1. The molecule has 2 heteroatoms. The molecule has 0 aromatic heterocycles. The summed E-state index contributed by atoms with van der Waals surface area (Å²) < 4.78 is 0. The molecule has 2 rings (SSSR count). The van der Waals surface area contributed by atoms with Gasteiger partial charge in [0.2, 0.25) is 0 Å². The number of anilines is 1. The van der Waals surface area contributed by atoms with Crippen LogP contribution in [0.25, 0.3) is 0 Å². The molecule has 0 radical (unpaired) electrons. The lowest BCUT2D eigenvalue weighted by molar-refractivity contribution is 0.790. The molecule has 82 valence electrons. The molecule has 1 fully saturated rings. The summed E-state index contributed by atoms with van der Waals surface area (Å²) in [6.07, 6.45) is 0. The molecule has 1 saturated heterocycles. The van der Waals surface area contributed by atoms with Gasteiger partial charge in [0.1, 0.15) is 0 Å². The van der Waals surface area contributed by atoms with Crippen LogP contribution in [0.5, 0.6) is 0 Å². The number of rotatable bonds is 4. The smallest absolute Gasteiger partial charge is 0.0590 e. The van der Waals surface area contributed by atoms with Gasteiger partial charge < -0.3 is 10.2 Å². The van der Waals surface area contributed by atoms with Crippen molar-refractivity contribution in [3.63, 3.8) is 0 Å². The third-order valence-corrected chi connectivity index (χ3v) is 3.05. The first-order valence-electron chi connectivity index (χ1n) is 5.73. The van der Waals surface area contributed by atoms with E-state index in [4.69, 9.17) is 0 Å². The lowest BCUT2D eigenvalue weighted by Crippen LogP contribution is -2.17. The Balaban J connectivity index is 2.00. The van der Waals surface area contributed by atoms with E-state index < -0.39 is 0 Å². The zero-order valence-electron chi connectivity index (χ0n) is 9.83. The Hall–Kier alpha value is -1.02. The predicted molar refractivity (Wildman–Crippen MR) is 65.6 cm³/mol. The number of nitrogens with zero attached hydrogens (tertiary/aromatic N) is 1. The fourth-order valence-corrected chi connectivity index (χ4v) is 1.96.